The lowest BCUT2D eigenvalue weighted by Crippen LogP contribution is -2.28. The summed E-state index contributed by atoms with van der Waals surface area (Å²) in [6, 6.07) is 14.4. The zero-order chi connectivity index (χ0) is 17.8. The number of anilines is 2. The van der Waals surface area contributed by atoms with Crippen molar-refractivity contribution in [3.05, 3.63) is 53.6 Å². The molecule has 1 amide bonds. The van der Waals surface area contributed by atoms with E-state index >= 15 is 0 Å². The molecule has 0 unspecified atom stereocenters. The first-order chi connectivity index (χ1) is 12.1. The van der Waals surface area contributed by atoms with Crippen molar-refractivity contribution in [2.45, 2.75) is 25.2 Å². The summed E-state index contributed by atoms with van der Waals surface area (Å²) in [7, 11) is 3.71. The van der Waals surface area contributed by atoms with Crippen molar-refractivity contribution in [2.24, 2.45) is 0 Å². The van der Waals surface area contributed by atoms with Gasteiger partial charge in [-0.1, -0.05) is 18.2 Å². The van der Waals surface area contributed by atoms with Crippen LogP contribution in [-0.2, 0) is 6.42 Å². The number of carbonyl (C=O) groups is 1. The lowest BCUT2D eigenvalue weighted by molar-refractivity contribution is 0.193. The van der Waals surface area contributed by atoms with E-state index in [1.165, 1.54) is 11.1 Å². The number of aryl methyl sites for hydroxylation is 1. The fourth-order valence-electron chi connectivity index (χ4n) is 3.58. The topological polar surface area (TPSA) is 61.8 Å². The molecule has 0 spiro atoms. The summed E-state index contributed by atoms with van der Waals surface area (Å²) in [5, 5.41) is 11.4. The van der Waals surface area contributed by atoms with Gasteiger partial charge in [0, 0.05) is 25.2 Å². The van der Waals surface area contributed by atoms with Crippen LogP contribution in [0.5, 0.6) is 5.75 Å². The Balaban J connectivity index is 1.86. The number of hydrogen-bond acceptors (Lipinski definition) is 3. The molecule has 0 aliphatic heterocycles. The maximum Gasteiger partial charge on any atom is 0.404 e. The van der Waals surface area contributed by atoms with E-state index in [4.69, 9.17) is 9.84 Å². The Hall–Kier alpha value is -2.69. The van der Waals surface area contributed by atoms with Crippen LogP contribution in [0.25, 0.3) is 0 Å². The van der Waals surface area contributed by atoms with Crippen molar-refractivity contribution in [3.63, 3.8) is 0 Å². The molecule has 132 valence electrons. The van der Waals surface area contributed by atoms with Crippen LogP contribution in [0.4, 0.5) is 16.2 Å². The summed E-state index contributed by atoms with van der Waals surface area (Å²) >= 11 is 0. The predicted molar refractivity (Wildman–Crippen MR) is 99.2 cm³/mol. The molecular weight excluding hydrogens is 316 g/mol. The molecule has 0 saturated carbocycles. The Morgan fingerprint density at radius 1 is 1.32 bits per heavy atom. The number of ether oxygens (including phenoxy) is 1. The van der Waals surface area contributed by atoms with Gasteiger partial charge in [0.25, 0.3) is 0 Å². The van der Waals surface area contributed by atoms with Crippen molar-refractivity contribution in [3.8, 4) is 5.75 Å². The first-order valence-electron chi connectivity index (χ1n) is 8.56. The van der Waals surface area contributed by atoms with Crippen molar-refractivity contribution >= 4 is 17.5 Å². The van der Waals surface area contributed by atoms with Gasteiger partial charge >= 0.3 is 6.09 Å². The van der Waals surface area contributed by atoms with E-state index in [1.54, 1.807) is 7.11 Å². The van der Waals surface area contributed by atoms with E-state index in [-0.39, 0.29) is 5.92 Å². The van der Waals surface area contributed by atoms with E-state index in [1.807, 2.05) is 31.3 Å². The second-order valence-electron chi connectivity index (χ2n) is 6.39. The van der Waals surface area contributed by atoms with E-state index in [2.05, 4.69) is 28.4 Å². The third kappa shape index (κ3) is 3.71. The maximum atomic E-state index is 10.8. The number of amides is 1. The quantitative estimate of drug-likeness (QED) is 0.858. The standard InChI is InChI=1S/C20H24N2O3/c1-22(18-8-3-4-9-19(18)25-2)16-10-11-17-14(12-16)6-5-7-15(17)13-21-20(23)24/h3-4,8-12,15,21H,5-7,13H2,1-2H3,(H,23,24)/t15-/m0/s1. The van der Waals surface area contributed by atoms with Gasteiger partial charge in [0.2, 0.25) is 0 Å². The average molecular weight is 340 g/mol. The maximum absolute atomic E-state index is 10.8. The molecule has 2 aromatic rings. The van der Waals surface area contributed by atoms with Crippen molar-refractivity contribution < 1.29 is 14.6 Å². The van der Waals surface area contributed by atoms with Crippen LogP contribution in [-0.4, -0.2) is 31.9 Å². The van der Waals surface area contributed by atoms with E-state index in [9.17, 15) is 4.79 Å². The molecule has 0 radical (unpaired) electrons. The summed E-state index contributed by atoms with van der Waals surface area (Å²) in [4.78, 5) is 12.9. The van der Waals surface area contributed by atoms with Gasteiger partial charge in [0.1, 0.15) is 5.75 Å². The predicted octanol–water partition coefficient (Wildman–Crippen LogP) is 4.15. The van der Waals surface area contributed by atoms with Gasteiger partial charge in [-0.15, -0.1) is 0 Å². The number of nitrogens with one attached hydrogen (secondary N) is 1. The van der Waals surface area contributed by atoms with Crippen molar-refractivity contribution in [1.82, 2.24) is 5.32 Å². The highest BCUT2D eigenvalue weighted by atomic mass is 16.5. The minimum atomic E-state index is -0.959. The highest BCUT2D eigenvalue weighted by Gasteiger charge is 2.22. The van der Waals surface area contributed by atoms with Gasteiger partial charge in [-0.2, -0.15) is 0 Å². The van der Waals surface area contributed by atoms with Crippen LogP contribution >= 0.6 is 0 Å². The van der Waals surface area contributed by atoms with Crippen LogP contribution in [0.3, 0.4) is 0 Å². The van der Waals surface area contributed by atoms with Crippen LogP contribution in [0, 0.1) is 0 Å². The number of nitrogens with zero attached hydrogens (tertiary/aromatic N) is 1. The lowest BCUT2D eigenvalue weighted by atomic mass is 9.82. The monoisotopic (exact) mass is 340 g/mol. The Labute approximate surface area is 148 Å². The molecular formula is C20H24N2O3. The molecule has 1 aliphatic carbocycles. The smallest absolute Gasteiger partial charge is 0.404 e. The molecule has 1 aliphatic rings. The third-order valence-electron chi connectivity index (χ3n) is 4.90. The highest BCUT2D eigenvalue weighted by Crippen LogP contribution is 2.37. The Morgan fingerprint density at radius 2 is 2.12 bits per heavy atom. The molecule has 2 N–H and O–H groups in total. The Bertz CT molecular complexity index is 760. The molecule has 2 aromatic carbocycles. The summed E-state index contributed by atoms with van der Waals surface area (Å²) in [5.74, 6) is 1.09. The number of methoxy groups -OCH3 is 1. The van der Waals surface area contributed by atoms with Crippen molar-refractivity contribution in [1.29, 1.82) is 0 Å². The average Bonchev–Trinajstić information content (AvgIpc) is 2.65. The summed E-state index contributed by atoms with van der Waals surface area (Å²) in [6.07, 6.45) is 2.18. The SMILES string of the molecule is COc1ccccc1N(C)c1ccc2c(c1)CCC[C@H]2CNC(=O)O. The molecule has 0 saturated heterocycles. The summed E-state index contributed by atoms with van der Waals surface area (Å²) in [6.45, 7) is 0.476. The molecule has 1 atom stereocenters. The third-order valence-corrected chi connectivity index (χ3v) is 4.90. The summed E-state index contributed by atoms with van der Waals surface area (Å²) < 4.78 is 5.47. The van der Waals surface area contributed by atoms with Crippen LogP contribution < -0.4 is 15.0 Å². The van der Waals surface area contributed by atoms with Gasteiger partial charge in [-0.3, -0.25) is 0 Å². The van der Waals surface area contributed by atoms with E-state index in [0.717, 1.165) is 36.4 Å². The van der Waals surface area contributed by atoms with Gasteiger partial charge in [-0.05, 0) is 54.7 Å². The largest absolute Gasteiger partial charge is 0.495 e. The first-order valence-corrected chi connectivity index (χ1v) is 8.56. The number of hydrogen-bond donors (Lipinski definition) is 2. The highest BCUT2D eigenvalue weighted by molar-refractivity contribution is 5.69. The van der Waals surface area contributed by atoms with Crippen LogP contribution in [0.1, 0.15) is 29.9 Å². The number of fused-ring (bicyclic) bond motifs is 1. The zero-order valence-corrected chi connectivity index (χ0v) is 14.7. The fourth-order valence-corrected chi connectivity index (χ4v) is 3.58. The molecule has 0 aromatic heterocycles. The molecule has 5 nitrogen and oxygen atoms in total. The van der Waals surface area contributed by atoms with Gasteiger partial charge < -0.3 is 20.1 Å². The lowest BCUT2D eigenvalue weighted by Gasteiger charge is -2.28. The zero-order valence-electron chi connectivity index (χ0n) is 14.7. The van der Waals surface area contributed by atoms with Gasteiger partial charge in [0.15, 0.2) is 0 Å². The molecule has 0 bridgehead atoms. The molecule has 0 fully saturated rings. The minimum Gasteiger partial charge on any atom is -0.495 e. The van der Waals surface area contributed by atoms with Crippen molar-refractivity contribution in [2.75, 3.05) is 25.6 Å². The second-order valence-corrected chi connectivity index (χ2v) is 6.39. The van der Waals surface area contributed by atoms with E-state index < -0.39 is 6.09 Å². The Kier molecular flexibility index (Phi) is 5.12. The first kappa shape index (κ1) is 17.1. The summed E-state index contributed by atoms with van der Waals surface area (Å²) in [5.41, 5.74) is 4.69. The second kappa shape index (κ2) is 7.47. The normalized spacial score (nSPS) is 16.0. The number of benzene rings is 2. The number of para-hydroxylation sites is 2. The number of carboxylic acid groups (broad SMARTS) is 1. The fraction of sp³-hybridized carbons (Fsp3) is 0.350. The molecule has 3 rings (SSSR count). The van der Waals surface area contributed by atoms with Crippen LogP contribution in [0.15, 0.2) is 42.5 Å². The van der Waals surface area contributed by atoms with E-state index in [0.29, 0.717) is 6.54 Å². The molecule has 25 heavy (non-hydrogen) atoms. The minimum absolute atomic E-state index is 0.255. The van der Waals surface area contributed by atoms with Gasteiger partial charge in [0.05, 0.1) is 12.8 Å². The number of rotatable bonds is 5. The Morgan fingerprint density at radius 3 is 2.88 bits per heavy atom. The van der Waals surface area contributed by atoms with Crippen LogP contribution in [0.2, 0.25) is 0 Å². The van der Waals surface area contributed by atoms with Gasteiger partial charge in [-0.25, -0.2) is 4.79 Å². The molecule has 0 heterocycles. The molecule has 5 heteroatoms.